The number of hydrogen-bond acceptors (Lipinski definition) is 2. The Morgan fingerprint density at radius 2 is 1.90 bits per heavy atom. The number of aliphatic imine (C=N–C) groups is 1. The standard InChI is InChI=1S/C14H22ClN3O.HI/c1-3-9-17-14(16-4-2)18-10-11-19-13-7-5-12(15)6-8-13;/h5-8H,3-4,9-11H2,1-2H3,(H2,16,17,18);1H. The zero-order valence-corrected chi connectivity index (χ0v) is 15.1. The third-order valence-electron chi connectivity index (χ3n) is 2.31. The minimum atomic E-state index is 0. The number of halogens is 2. The lowest BCUT2D eigenvalue weighted by molar-refractivity contribution is 0.322. The highest BCUT2D eigenvalue weighted by Gasteiger charge is 1.97. The molecule has 6 heteroatoms. The summed E-state index contributed by atoms with van der Waals surface area (Å²) in [5.41, 5.74) is 0. The highest BCUT2D eigenvalue weighted by atomic mass is 127. The predicted octanol–water partition coefficient (Wildman–Crippen LogP) is 3.30. The van der Waals surface area contributed by atoms with Crippen LogP contribution < -0.4 is 15.4 Å². The van der Waals surface area contributed by atoms with Crippen LogP contribution in [-0.4, -0.2) is 32.2 Å². The minimum absolute atomic E-state index is 0. The van der Waals surface area contributed by atoms with Crippen molar-refractivity contribution in [3.05, 3.63) is 29.3 Å². The van der Waals surface area contributed by atoms with Gasteiger partial charge in [0.25, 0.3) is 0 Å². The Bertz CT molecular complexity index is 385. The van der Waals surface area contributed by atoms with E-state index >= 15 is 0 Å². The highest BCUT2D eigenvalue weighted by molar-refractivity contribution is 14.0. The van der Waals surface area contributed by atoms with Crippen LogP contribution in [0.3, 0.4) is 0 Å². The van der Waals surface area contributed by atoms with E-state index in [1.54, 1.807) is 0 Å². The van der Waals surface area contributed by atoms with Crippen LogP contribution in [-0.2, 0) is 0 Å². The quantitative estimate of drug-likeness (QED) is 0.313. The fraction of sp³-hybridized carbons (Fsp3) is 0.500. The Morgan fingerprint density at radius 3 is 2.50 bits per heavy atom. The van der Waals surface area contributed by atoms with Gasteiger partial charge in [0.2, 0.25) is 0 Å². The van der Waals surface area contributed by atoms with Gasteiger partial charge < -0.3 is 15.4 Å². The van der Waals surface area contributed by atoms with Gasteiger partial charge in [-0.2, -0.15) is 0 Å². The van der Waals surface area contributed by atoms with Crippen LogP contribution in [0.1, 0.15) is 20.3 Å². The fourth-order valence-corrected chi connectivity index (χ4v) is 1.56. The summed E-state index contributed by atoms with van der Waals surface area (Å²) < 4.78 is 5.59. The molecule has 1 rings (SSSR count). The number of hydrogen-bond donors (Lipinski definition) is 2. The first-order valence-electron chi connectivity index (χ1n) is 6.66. The number of nitrogens with zero attached hydrogens (tertiary/aromatic N) is 1. The van der Waals surface area contributed by atoms with E-state index in [1.165, 1.54) is 0 Å². The van der Waals surface area contributed by atoms with Gasteiger partial charge in [0.05, 0.1) is 6.54 Å². The van der Waals surface area contributed by atoms with Gasteiger partial charge in [0.1, 0.15) is 12.4 Å². The molecular formula is C14H23ClIN3O. The van der Waals surface area contributed by atoms with Gasteiger partial charge in [0.15, 0.2) is 5.96 Å². The molecule has 0 atom stereocenters. The Morgan fingerprint density at radius 1 is 1.20 bits per heavy atom. The molecule has 0 saturated carbocycles. The van der Waals surface area contributed by atoms with Crippen molar-refractivity contribution in [1.82, 2.24) is 10.6 Å². The van der Waals surface area contributed by atoms with E-state index in [4.69, 9.17) is 16.3 Å². The summed E-state index contributed by atoms with van der Waals surface area (Å²) in [5, 5.41) is 7.13. The molecule has 0 heterocycles. The van der Waals surface area contributed by atoms with Crippen LogP contribution in [0.25, 0.3) is 0 Å². The highest BCUT2D eigenvalue weighted by Crippen LogP contribution is 2.14. The van der Waals surface area contributed by atoms with E-state index < -0.39 is 0 Å². The van der Waals surface area contributed by atoms with E-state index in [9.17, 15) is 0 Å². The number of guanidine groups is 1. The van der Waals surface area contributed by atoms with Crippen molar-refractivity contribution < 1.29 is 4.74 Å². The minimum Gasteiger partial charge on any atom is -0.492 e. The number of benzene rings is 1. The molecule has 0 amide bonds. The lowest BCUT2D eigenvalue weighted by atomic mass is 10.3. The molecule has 0 radical (unpaired) electrons. The third kappa shape index (κ3) is 8.47. The molecule has 0 bridgehead atoms. The van der Waals surface area contributed by atoms with Crippen molar-refractivity contribution in [3.8, 4) is 5.75 Å². The fourth-order valence-electron chi connectivity index (χ4n) is 1.43. The van der Waals surface area contributed by atoms with Crippen LogP contribution in [0.5, 0.6) is 5.75 Å². The van der Waals surface area contributed by atoms with Crippen LogP contribution in [0.15, 0.2) is 29.3 Å². The van der Waals surface area contributed by atoms with Crippen molar-refractivity contribution in [2.75, 3.05) is 26.2 Å². The van der Waals surface area contributed by atoms with Crippen molar-refractivity contribution in [2.45, 2.75) is 20.3 Å². The average molecular weight is 412 g/mol. The molecule has 0 aliphatic carbocycles. The number of ether oxygens (including phenoxy) is 1. The largest absolute Gasteiger partial charge is 0.492 e. The predicted molar refractivity (Wildman–Crippen MR) is 96.6 cm³/mol. The summed E-state index contributed by atoms with van der Waals surface area (Å²) in [7, 11) is 0. The van der Waals surface area contributed by atoms with Gasteiger partial charge in [0, 0.05) is 18.1 Å². The molecule has 0 fully saturated rings. The van der Waals surface area contributed by atoms with Crippen LogP contribution in [0, 0.1) is 0 Å². The summed E-state index contributed by atoms with van der Waals surface area (Å²) in [6.07, 6.45) is 1.04. The lowest BCUT2D eigenvalue weighted by Crippen LogP contribution is -2.39. The van der Waals surface area contributed by atoms with Crippen molar-refractivity contribution in [3.63, 3.8) is 0 Å². The maximum absolute atomic E-state index is 5.81. The SMILES string of the molecule is CCCN=C(NCC)NCCOc1ccc(Cl)cc1.I. The number of nitrogens with one attached hydrogen (secondary N) is 2. The van der Waals surface area contributed by atoms with E-state index in [1.807, 2.05) is 31.2 Å². The summed E-state index contributed by atoms with van der Waals surface area (Å²) in [5.74, 6) is 1.66. The lowest BCUT2D eigenvalue weighted by Gasteiger charge is -2.11. The van der Waals surface area contributed by atoms with Crippen LogP contribution in [0.4, 0.5) is 0 Å². The van der Waals surface area contributed by atoms with Crippen LogP contribution >= 0.6 is 35.6 Å². The van der Waals surface area contributed by atoms with Crippen molar-refractivity contribution in [1.29, 1.82) is 0 Å². The Hall–Kier alpha value is -0.690. The summed E-state index contributed by atoms with van der Waals surface area (Å²) >= 11 is 5.81. The van der Waals surface area contributed by atoms with Gasteiger partial charge in [-0.15, -0.1) is 24.0 Å². The second-order valence-electron chi connectivity index (χ2n) is 3.99. The van der Waals surface area contributed by atoms with Gasteiger partial charge in [-0.3, -0.25) is 4.99 Å². The molecule has 0 saturated heterocycles. The zero-order chi connectivity index (χ0) is 13.9. The van der Waals surface area contributed by atoms with Gasteiger partial charge in [-0.1, -0.05) is 18.5 Å². The molecular weight excluding hydrogens is 389 g/mol. The topological polar surface area (TPSA) is 45.7 Å². The summed E-state index contributed by atoms with van der Waals surface area (Å²) in [6, 6.07) is 7.35. The summed E-state index contributed by atoms with van der Waals surface area (Å²) in [6.45, 7) is 7.13. The third-order valence-corrected chi connectivity index (χ3v) is 2.57. The zero-order valence-electron chi connectivity index (χ0n) is 12.0. The molecule has 20 heavy (non-hydrogen) atoms. The van der Waals surface area contributed by atoms with E-state index in [0.29, 0.717) is 18.2 Å². The maximum atomic E-state index is 5.81. The molecule has 0 aromatic heterocycles. The molecule has 114 valence electrons. The smallest absolute Gasteiger partial charge is 0.191 e. The second-order valence-corrected chi connectivity index (χ2v) is 4.43. The van der Waals surface area contributed by atoms with E-state index in [-0.39, 0.29) is 24.0 Å². The first-order chi connectivity index (χ1) is 9.26. The van der Waals surface area contributed by atoms with E-state index in [0.717, 1.165) is 31.2 Å². The first kappa shape index (κ1) is 19.3. The molecule has 0 aliphatic rings. The first-order valence-corrected chi connectivity index (χ1v) is 7.04. The Balaban J connectivity index is 0.00000361. The molecule has 0 spiro atoms. The number of rotatable bonds is 7. The normalized spacial score (nSPS) is 10.7. The second kappa shape index (κ2) is 12.1. The maximum Gasteiger partial charge on any atom is 0.191 e. The Kier molecular flexibility index (Phi) is 11.7. The van der Waals surface area contributed by atoms with Crippen molar-refractivity contribution in [2.24, 2.45) is 4.99 Å². The summed E-state index contributed by atoms with van der Waals surface area (Å²) in [4.78, 5) is 4.41. The molecule has 1 aromatic rings. The monoisotopic (exact) mass is 411 g/mol. The van der Waals surface area contributed by atoms with Gasteiger partial charge >= 0.3 is 0 Å². The molecule has 1 aromatic carbocycles. The molecule has 2 N–H and O–H groups in total. The molecule has 0 aliphatic heterocycles. The Labute approximate surface area is 143 Å². The molecule has 4 nitrogen and oxygen atoms in total. The van der Waals surface area contributed by atoms with Gasteiger partial charge in [-0.25, -0.2) is 0 Å². The van der Waals surface area contributed by atoms with Crippen molar-refractivity contribution >= 4 is 41.5 Å². The average Bonchev–Trinajstić information content (AvgIpc) is 2.42. The van der Waals surface area contributed by atoms with E-state index in [2.05, 4.69) is 22.5 Å². The van der Waals surface area contributed by atoms with Crippen LogP contribution in [0.2, 0.25) is 5.02 Å². The molecule has 0 unspecified atom stereocenters. The van der Waals surface area contributed by atoms with Gasteiger partial charge in [-0.05, 0) is 37.6 Å².